The van der Waals surface area contributed by atoms with Crippen LogP contribution in [0, 0.1) is 6.92 Å². The van der Waals surface area contributed by atoms with Gasteiger partial charge in [-0.25, -0.2) is 14.5 Å². The van der Waals surface area contributed by atoms with Crippen molar-refractivity contribution in [2.45, 2.75) is 55.3 Å². The minimum absolute atomic E-state index is 0.0306. The number of hydrogen-bond acceptors (Lipinski definition) is 8. The maximum atomic E-state index is 12.5. The van der Waals surface area contributed by atoms with Gasteiger partial charge in [-0.05, 0) is 69.1 Å². The second-order valence-electron chi connectivity index (χ2n) is 9.38. The number of carbonyl (C=O) groups excluding carboxylic acids is 1. The topological polar surface area (TPSA) is 117 Å². The van der Waals surface area contributed by atoms with Crippen LogP contribution in [0.25, 0.3) is 16.9 Å². The minimum atomic E-state index is -0.901. The molecule has 3 N–H and O–H groups in total. The van der Waals surface area contributed by atoms with Gasteiger partial charge in [-0.1, -0.05) is 6.07 Å². The van der Waals surface area contributed by atoms with Crippen LogP contribution in [0.4, 0.5) is 5.69 Å². The normalized spacial score (nSPS) is 13.7. The highest BCUT2D eigenvalue weighted by Crippen LogP contribution is 2.30. The summed E-state index contributed by atoms with van der Waals surface area (Å²) < 4.78 is 1.73. The molecule has 5 rings (SSSR count). The Balaban J connectivity index is 1.49. The number of anilines is 1. The first-order valence-electron chi connectivity index (χ1n) is 11.5. The number of aryl methyl sites for hydroxylation is 1. The second-order valence-corrected chi connectivity index (χ2v) is 10.4. The highest BCUT2D eigenvalue weighted by Gasteiger charge is 2.24. The zero-order chi connectivity index (χ0) is 24.6. The summed E-state index contributed by atoms with van der Waals surface area (Å²) in [5.74, 6) is -0.0306. The summed E-state index contributed by atoms with van der Waals surface area (Å²) in [5, 5.41) is 22.7. The van der Waals surface area contributed by atoms with E-state index in [1.54, 1.807) is 37.0 Å². The Labute approximate surface area is 207 Å². The lowest BCUT2D eigenvalue weighted by molar-refractivity contribution is 0.0940. The van der Waals surface area contributed by atoms with Crippen LogP contribution < -0.4 is 10.6 Å². The predicted molar refractivity (Wildman–Crippen MR) is 135 cm³/mol. The third-order valence-electron chi connectivity index (χ3n) is 5.54. The van der Waals surface area contributed by atoms with Gasteiger partial charge in [0.15, 0.2) is 5.65 Å². The van der Waals surface area contributed by atoms with Crippen LogP contribution in [0.3, 0.4) is 0 Å². The van der Waals surface area contributed by atoms with Crippen molar-refractivity contribution in [2.24, 2.45) is 0 Å². The predicted octanol–water partition coefficient (Wildman–Crippen LogP) is 3.72. The molecule has 3 heterocycles. The summed E-state index contributed by atoms with van der Waals surface area (Å²) in [7, 11) is 0. The van der Waals surface area contributed by atoms with E-state index < -0.39 is 5.60 Å². The van der Waals surface area contributed by atoms with Crippen LogP contribution >= 0.6 is 11.8 Å². The van der Waals surface area contributed by atoms with Crippen LogP contribution in [-0.4, -0.2) is 53.8 Å². The Bertz CT molecular complexity index is 1380. The molecule has 0 unspecified atom stereocenters. The molecule has 0 atom stereocenters. The summed E-state index contributed by atoms with van der Waals surface area (Å²) in [6.45, 7) is 5.77. The van der Waals surface area contributed by atoms with Crippen molar-refractivity contribution in [3.05, 3.63) is 60.2 Å². The fourth-order valence-corrected chi connectivity index (χ4v) is 4.35. The number of aliphatic hydroxyl groups is 1. The summed E-state index contributed by atoms with van der Waals surface area (Å²) in [4.78, 5) is 25.8. The standard InChI is InChI=1S/C25H27N7O2S/c1-15-10-16(4-7-18(15)24(33)29-17-5-6-17)20-13-32-23(30-20)19(28-14-25(2,3)34)11-21(31-32)35-22-12-26-8-9-27-22/h4,7-13,17,28,34H,5-6,14H2,1-3H3,(H,29,33). The lowest BCUT2D eigenvalue weighted by atomic mass is 10.0. The number of fused-ring (bicyclic) bond motifs is 1. The van der Waals surface area contributed by atoms with Gasteiger partial charge < -0.3 is 15.7 Å². The third-order valence-corrected chi connectivity index (χ3v) is 6.37. The first kappa shape index (κ1) is 23.3. The molecule has 1 aliphatic carbocycles. The van der Waals surface area contributed by atoms with E-state index in [-0.39, 0.29) is 5.91 Å². The molecule has 1 aromatic carbocycles. The summed E-state index contributed by atoms with van der Waals surface area (Å²) in [6, 6.07) is 7.95. The molecule has 3 aromatic heterocycles. The van der Waals surface area contributed by atoms with Gasteiger partial charge in [0.2, 0.25) is 0 Å². The Morgan fingerprint density at radius 3 is 2.74 bits per heavy atom. The second kappa shape index (κ2) is 9.27. The molecule has 10 heteroatoms. The molecule has 35 heavy (non-hydrogen) atoms. The van der Waals surface area contributed by atoms with Crippen LogP contribution in [0.1, 0.15) is 42.6 Å². The van der Waals surface area contributed by atoms with E-state index in [9.17, 15) is 9.90 Å². The molecule has 1 fully saturated rings. The van der Waals surface area contributed by atoms with Crippen LogP contribution in [0.15, 0.2) is 59.1 Å². The maximum Gasteiger partial charge on any atom is 0.251 e. The van der Waals surface area contributed by atoms with Gasteiger partial charge in [-0.15, -0.1) is 0 Å². The summed E-state index contributed by atoms with van der Waals surface area (Å²) >= 11 is 1.39. The number of carbonyl (C=O) groups is 1. The monoisotopic (exact) mass is 489 g/mol. The molecular formula is C25H27N7O2S. The maximum absolute atomic E-state index is 12.5. The summed E-state index contributed by atoms with van der Waals surface area (Å²) in [5.41, 5.74) is 3.69. The molecule has 0 aliphatic heterocycles. The average molecular weight is 490 g/mol. The van der Waals surface area contributed by atoms with Gasteiger partial charge in [0, 0.05) is 36.1 Å². The summed E-state index contributed by atoms with van der Waals surface area (Å²) in [6.07, 6.45) is 8.92. The van der Waals surface area contributed by atoms with E-state index in [2.05, 4.69) is 20.6 Å². The number of rotatable bonds is 8. The van der Waals surface area contributed by atoms with Crippen molar-refractivity contribution in [3.63, 3.8) is 0 Å². The smallest absolute Gasteiger partial charge is 0.251 e. The van der Waals surface area contributed by atoms with E-state index >= 15 is 0 Å². The van der Waals surface area contributed by atoms with Gasteiger partial charge in [-0.2, -0.15) is 5.10 Å². The van der Waals surface area contributed by atoms with Crippen molar-refractivity contribution in [1.29, 1.82) is 0 Å². The van der Waals surface area contributed by atoms with Gasteiger partial charge in [0.05, 0.1) is 29.4 Å². The highest BCUT2D eigenvalue weighted by atomic mass is 32.2. The van der Waals surface area contributed by atoms with Crippen molar-refractivity contribution in [3.8, 4) is 11.3 Å². The lowest BCUT2D eigenvalue weighted by Gasteiger charge is -2.19. The molecule has 0 spiro atoms. The van der Waals surface area contributed by atoms with Gasteiger partial charge in [-0.3, -0.25) is 9.78 Å². The number of hydrogen-bond donors (Lipinski definition) is 3. The number of amides is 1. The fourth-order valence-electron chi connectivity index (χ4n) is 3.60. The van der Waals surface area contributed by atoms with Gasteiger partial charge in [0.1, 0.15) is 10.1 Å². The first-order chi connectivity index (χ1) is 16.7. The average Bonchev–Trinajstić information content (AvgIpc) is 3.52. The Kier molecular flexibility index (Phi) is 6.16. The van der Waals surface area contributed by atoms with Gasteiger partial charge >= 0.3 is 0 Å². The Morgan fingerprint density at radius 1 is 1.23 bits per heavy atom. The Hall–Kier alpha value is -3.50. The van der Waals surface area contributed by atoms with Crippen molar-refractivity contribution in [1.82, 2.24) is 29.9 Å². The number of nitrogens with one attached hydrogen (secondary N) is 2. The molecule has 0 bridgehead atoms. The quantitative estimate of drug-likeness (QED) is 0.343. The van der Waals surface area contributed by atoms with E-state index in [4.69, 9.17) is 10.1 Å². The molecular weight excluding hydrogens is 462 g/mol. The number of aromatic nitrogens is 5. The lowest BCUT2D eigenvalue weighted by Crippen LogP contribution is -2.29. The number of imidazole rings is 1. The molecule has 1 saturated carbocycles. The Morgan fingerprint density at radius 2 is 2.06 bits per heavy atom. The molecule has 4 aromatic rings. The number of nitrogens with zero attached hydrogens (tertiary/aromatic N) is 5. The SMILES string of the molecule is Cc1cc(-c2cn3nc(Sc4cnccn4)cc(NCC(C)(C)O)c3n2)ccc1C(=O)NC1CC1. The third kappa shape index (κ3) is 5.60. The first-order valence-corrected chi connectivity index (χ1v) is 12.3. The largest absolute Gasteiger partial charge is 0.389 e. The van der Waals surface area contributed by atoms with E-state index in [0.717, 1.165) is 40.4 Å². The molecule has 9 nitrogen and oxygen atoms in total. The van der Waals surface area contributed by atoms with Crippen LogP contribution in [-0.2, 0) is 0 Å². The van der Waals surface area contributed by atoms with Gasteiger partial charge in [0.25, 0.3) is 5.91 Å². The number of benzene rings is 1. The minimum Gasteiger partial charge on any atom is -0.389 e. The zero-order valence-electron chi connectivity index (χ0n) is 19.8. The van der Waals surface area contributed by atoms with E-state index in [1.165, 1.54) is 11.8 Å². The molecule has 0 radical (unpaired) electrons. The van der Waals surface area contributed by atoms with Crippen molar-refractivity contribution >= 4 is 29.0 Å². The van der Waals surface area contributed by atoms with Crippen molar-refractivity contribution in [2.75, 3.05) is 11.9 Å². The van der Waals surface area contributed by atoms with E-state index in [0.29, 0.717) is 28.8 Å². The molecule has 1 amide bonds. The highest BCUT2D eigenvalue weighted by molar-refractivity contribution is 7.99. The fraction of sp³-hybridized carbons (Fsp3) is 0.320. The zero-order valence-corrected chi connectivity index (χ0v) is 20.6. The van der Waals surface area contributed by atoms with Crippen molar-refractivity contribution < 1.29 is 9.90 Å². The molecule has 1 aliphatic rings. The molecule has 180 valence electrons. The van der Waals surface area contributed by atoms with Crippen LogP contribution in [0.2, 0.25) is 0 Å². The van der Waals surface area contributed by atoms with E-state index in [1.807, 2.05) is 37.4 Å². The van der Waals surface area contributed by atoms with Crippen LogP contribution in [0.5, 0.6) is 0 Å². The molecule has 0 saturated heterocycles.